The van der Waals surface area contributed by atoms with E-state index in [1.165, 1.54) is 6.07 Å². The van der Waals surface area contributed by atoms with Crippen molar-refractivity contribution in [3.05, 3.63) is 35.6 Å². The maximum absolute atomic E-state index is 13.5. The van der Waals surface area contributed by atoms with Crippen LogP contribution in [0.3, 0.4) is 0 Å². The van der Waals surface area contributed by atoms with Crippen molar-refractivity contribution in [2.24, 2.45) is 5.92 Å². The summed E-state index contributed by atoms with van der Waals surface area (Å²) in [6.07, 6.45) is 1.91. The highest BCUT2D eigenvalue weighted by atomic mass is 19.1. The third-order valence-electron chi connectivity index (χ3n) is 3.17. The minimum atomic E-state index is -0.814. The number of hydrogen-bond acceptors (Lipinski definition) is 2. The van der Waals surface area contributed by atoms with Gasteiger partial charge in [0.05, 0.1) is 0 Å². The van der Waals surface area contributed by atoms with Crippen LogP contribution < -0.4 is 0 Å². The van der Waals surface area contributed by atoms with Crippen LogP contribution in [0.4, 0.5) is 4.39 Å². The van der Waals surface area contributed by atoms with Gasteiger partial charge in [-0.05, 0) is 31.9 Å². The first-order valence-corrected chi connectivity index (χ1v) is 5.76. The van der Waals surface area contributed by atoms with Gasteiger partial charge < -0.3 is 5.11 Å². The van der Waals surface area contributed by atoms with Crippen LogP contribution in [0.5, 0.6) is 0 Å². The fourth-order valence-electron chi connectivity index (χ4n) is 2.16. The zero-order chi connectivity index (χ0) is 12.4. The molecule has 0 heterocycles. The highest BCUT2D eigenvalue weighted by molar-refractivity contribution is 5.74. The lowest BCUT2D eigenvalue weighted by Crippen LogP contribution is -2.39. The molecule has 1 saturated carbocycles. The van der Waals surface area contributed by atoms with Gasteiger partial charge in [-0.15, -0.1) is 0 Å². The summed E-state index contributed by atoms with van der Waals surface area (Å²) in [6, 6.07) is 6.00. The quantitative estimate of drug-likeness (QED) is 0.852. The van der Waals surface area contributed by atoms with Crippen molar-refractivity contribution in [2.75, 3.05) is 7.05 Å². The van der Waals surface area contributed by atoms with Crippen molar-refractivity contribution >= 4 is 5.97 Å². The van der Waals surface area contributed by atoms with Gasteiger partial charge >= 0.3 is 5.97 Å². The van der Waals surface area contributed by atoms with E-state index in [0.717, 1.165) is 12.8 Å². The minimum absolute atomic E-state index is 0.226. The molecule has 1 aromatic carbocycles. The number of carboxylic acids is 1. The molecule has 1 aliphatic carbocycles. The molecule has 0 aromatic heterocycles. The number of carbonyl (C=O) groups is 1. The largest absolute Gasteiger partial charge is 0.480 e. The molecule has 1 N–H and O–H groups in total. The van der Waals surface area contributed by atoms with Crippen molar-refractivity contribution in [1.82, 2.24) is 4.90 Å². The SMILES string of the molecule is CN(Cc1ccccc1F)C(C(=O)O)C1CC1. The summed E-state index contributed by atoms with van der Waals surface area (Å²) in [5.41, 5.74) is 0.543. The summed E-state index contributed by atoms with van der Waals surface area (Å²) >= 11 is 0. The van der Waals surface area contributed by atoms with Crippen LogP contribution in [0.15, 0.2) is 24.3 Å². The molecule has 17 heavy (non-hydrogen) atoms. The summed E-state index contributed by atoms with van der Waals surface area (Å²) in [5.74, 6) is -0.866. The zero-order valence-electron chi connectivity index (χ0n) is 9.77. The van der Waals surface area contributed by atoms with E-state index in [-0.39, 0.29) is 11.7 Å². The summed E-state index contributed by atoms with van der Waals surface area (Å²) < 4.78 is 13.5. The predicted octanol–water partition coefficient (Wildman–Crippen LogP) is 2.12. The molecule has 1 fully saturated rings. The van der Waals surface area contributed by atoms with Crippen LogP contribution in [0.2, 0.25) is 0 Å². The molecule has 1 aromatic rings. The van der Waals surface area contributed by atoms with Crippen molar-refractivity contribution < 1.29 is 14.3 Å². The summed E-state index contributed by atoms with van der Waals surface area (Å²) in [4.78, 5) is 12.9. The van der Waals surface area contributed by atoms with Crippen molar-refractivity contribution in [3.63, 3.8) is 0 Å². The van der Waals surface area contributed by atoms with E-state index in [0.29, 0.717) is 12.1 Å². The summed E-state index contributed by atoms with van der Waals surface area (Å²) in [5, 5.41) is 9.17. The van der Waals surface area contributed by atoms with Crippen LogP contribution in [-0.4, -0.2) is 29.1 Å². The highest BCUT2D eigenvalue weighted by Crippen LogP contribution is 2.35. The molecule has 1 atom stereocenters. The average Bonchev–Trinajstić information content (AvgIpc) is 3.05. The van der Waals surface area contributed by atoms with E-state index in [1.54, 1.807) is 30.1 Å². The molecule has 0 aliphatic heterocycles. The minimum Gasteiger partial charge on any atom is -0.480 e. The first-order chi connectivity index (χ1) is 8.09. The van der Waals surface area contributed by atoms with Gasteiger partial charge in [-0.3, -0.25) is 9.69 Å². The molecular formula is C13H16FNO2. The Morgan fingerprint density at radius 2 is 2.18 bits per heavy atom. The number of halogens is 1. The van der Waals surface area contributed by atoms with E-state index in [2.05, 4.69) is 0 Å². The van der Waals surface area contributed by atoms with Crippen molar-refractivity contribution in [2.45, 2.75) is 25.4 Å². The molecule has 0 saturated heterocycles. The van der Waals surface area contributed by atoms with Gasteiger partial charge in [0.15, 0.2) is 0 Å². The Kier molecular flexibility index (Phi) is 3.43. The first-order valence-electron chi connectivity index (χ1n) is 5.76. The smallest absolute Gasteiger partial charge is 0.321 e. The highest BCUT2D eigenvalue weighted by Gasteiger charge is 2.38. The third kappa shape index (κ3) is 2.82. The van der Waals surface area contributed by atoms with Crippen LogP contribution >= 0.6 is 0 Å². The first kappa shape index (κ1) is 12.0. The van der Waals surface area contributed by atoms with Crippen LogP contribution in [0.25, 0.3) is 0 Å². The topological polar surface area (TPSA) is 40.5 Å². The lowest BCUT2D eigenvalue weighted by atomic mass is 10.1. The van der Waals surface area contributed by atoms with Crippen LogP contribution in [-0.2, 0) is 11.3 Å². The number of carboxylic acid groups (broad SMARTS) is 1. The lowest BCUT2D eigenvalue weighted by molar-refractivity contribution is -0.143. The normalized spacial score (nSPS) is 17.1. The Hall–Kier alpha value is -1.42. The Balaban J connectivity index is 2.07. The van der Waals surface area contributed by atoms with Gasteiger partial charge in [-0.25, -0.2) is 4.39 Å². The summed E-state index contributed by atoms with van der Waals surface area (Å²) in [6.45, 7) is 0.333. The molecule has 92 valence electrons. The summed E-state index contributed by atoms with van der Waals surface area (Å²) in [7, 11) is 1.74. The molecule has 0 amide bonds. The van der Waals surface area contributed by atoms with Crippen LogP contribution in [0, 0.1) is 11.7 Å². The lowest BCUT2D eigenvalue weighted by Gasteiger charge is -2.24. The zero-order valence-corrected chi connectivity index (χ0v) is 9.77. The van der Waals surface area contributed by atoms with E-state index < -0.39 is 12.0 Å². The Bertz CT molecular complexity index is 418. The van der Waals surface area contributed by atoms with Gasteiger partial charge in [-0.1, -0.05) is 18.2 Å². The monoisotopic (exact) mass is 237 g/mol. The third-order valence-corrected chi connectivity index (χ3v) is 3.17. The second-order valence-corrected chi connectivity index (χ2v) is 4.63. The van der Waals surface area contributed by atoms with Gasteiger partial charge in [0.25, 0.3) is 0 Å². The Morgan fingerprint density at radius 3 is 2.71 bits per heavy atom. The number of aliphatic carboxylic acids is 1. The van der Waals surface area contributed by atoms with Gasteiger partial charge in [0.2, 0.25) is 0 Å². The fourth-order valence-corrected chi connectivity index (χ4v) is 2.16. The van der Waals surface area contributed by atoms with Gasteiger partial charge in [0.1, 0.15) is 11.9 Å². The predicted molar refractivity (Wildman–Crippen MR) is 62.0 cm³/mol. The van der Waals surface area contributed by atoms with Crippen LogP contribution in [0.1, 0.15) is 18.4 Å². The molecule has 0 radical (unpaired) electrons. The van der Waals surface area contributed by atoms with Gasteiger partial charge in [-0.2, -0.15) is 0 Å². The van der Waals surface area contributed by atoms with E-state index in [4.69, 9.17) is 5.11 Å². The van der Waals surface area contributed by atoms with E-state index in [1.807, 2.05) is 0 Å². The van der Waals surface area contributed by atoms with E-state index in [9.17, 15) is 9.18 Å². The molecular weight excluding hydrogens is 221 g/mol. The Morgan fingerprint density at radius 1 is 1.53 bits per heavy atom. The second kappa shape index (κ2) is 4.84. The molecule has 1 unspecified atom stereocenters. The fraction of sp³-hybridized carbons (Fsp3) is 0.462. The average molecular weight is 237 g/mol. The second-order valence-electron chi connectivity index (χ2n) is 4.63. The molecule has 4 heteroatoms. The molecule has 0 spiro atoms. The molecule has 2 rings (SSSR count). The number of benzene rings is 1. The van der Waals surface area contributed by atoms with Gasteiger partial charge in [0, 0.05) is 12.1 Å². The number of nitrogens with zero attached hydrogens (tertiary/aromatic N) is 1. The van der Waals surface area contributed by atoms with Crippen molar-refractivity contribution in [1.29, 1.82) is 0 Å². The maximum atomic E-state index is 13.5. The van der Waals surface area contributed by atoms with E-state index >= 15 is 0 Å². The Labute approximate surface area is 99.9 Å². The number of rotatable bonds is 5. The molecule has 0 bridgehead atoms. The number of likely N-dealkylation sites (N-methyl/N-ethyl adjacent to an activating group) is 1. The maximum Gasteiger partial charge on any atom is 0.321 e. The standard InChI is InChI=1S/C13H16FNO2/c1-15(12(13(16)17)9-6-7-9)8-10-4-2-3-5-11(10)14/h2-5,9,12H,6-8H2,1H3,(H,16,17). The number of hydrogen-bond donors (Lipinski definition) is 1. The molecule has 1 aliphatic rings. The molecule has 3 nitrogen and oxygen atoms in total. The van der Waals surface area contributed by atoms with Crippen molar-refractivity contribution in [3.8, 4) is 0 Å².